The van der Waals surface area contributed by atoms with Crippen LogP contribution in [0.3, 0.4) is 0 Å². The summed E-state index contributed by atoms with van der Waals surface area (Å²) in [5, 5.41) is 16.8. The minimum atomic E-state index is -0.385. The summed E-state index contributed by atoms with van der Waals surface area (Å²) in [6.45, 7) is 4.22. The van der Waals surface area contributed by atoms with E-state index in [2.05, 4.69) is 49.8 Å². The molecule has 156 valence electrons. The first-order chi connectivity index (χ1) is 14.2. The summed E-state index contributed by atoms with van der Waals surface area (Å²) in [4.78, 5) is 14.5. The topological polar surface area (TPSA) is 75.9 Å². The van der Waals surface area contributed by atoms with Gasteiger partial charge < -0.3 is 10.2 Å². The third kappa shape index (κ3) is 4.34. The van der Waals surface area contributed by atoms with Gasteiger partial charge in [0, 0.05) is 26.1 Å². The molecule has 29 heavy (non-hydrogen) atoms. The van der Waals surface area contributed by atoms with Crippen LogP contribution in [0.2, 0.25) is 0 Å². The van der Waals surface area contributed by atoms with Crippen LogP contribution < -0.4 is 5.32 Å². The maximum Gasteiger partial charge on any atom is 0.222 e. The molecule has 1 saturated heterocycles. The van der Waals surface area contributed by atoms with Crippen LogP contribution in [0.4, 0.5) is 0 Å². The molecule has 2 fully saturated rings. The van der Waals surface area contributed by atoms with Gasteiger partial charge in [-0.3, -0.25) is 4.79 Å². The van der Waals surface area contributed by atoms with Crippen molar-refractivity contribution in [2.45, 2.75) is 69.9 Å². The van der Waals surface area contributed by atoms with Crippen LogP contribution >= 0.6 is 0 Å². The minimum Gasteiger partial charge on any atom is -0.340 e. The Balaban J connectivity index is 1.59. The van der Waals surface area contributed by atoms with E-state index in [-0.39, 0.29) is 11.4 Å². The zero-order valence-electron chi connectivity index (χ0n) is 17.4. The number of piperidine rings is 1. The Morgan fingerprint density at radius 1 is 1.21 bits per heavy atom. The Bertz CT molecular complexity index is 801. The van der Waals surface area contributed by atoms with Gasteiger partial charge in [-0.2, -0.15) is 0 Å². The fourth-order valence-corrected chi connectivity index (χ4v) is 4.89. The summed E-state index contributed by atoms with van der Waals surface area (Å²) < 4.78 is 2.06. The lowest BCUT2D eigenvalue weighted by Crippen LogP contribution is -2.57. The molecule has 7 heteroatoms. The largest absolute Gasteiger partial charge is 0.340 e. The predicted octanol–water partition coefficient (Wildman–Crippen LogP) is 2.85. The van der Waals surface area contributed by atoms with E-state index in [1.807, 2.05) is 17.9 Å². The third-order valence-electron chi connectivity index (χ3n) is 6.46. The Hall–Kier alpha value is -2.28. The van der Waals surface area contributed by atoms with Gasteiger partial charge >= 0.3 is 0 Å². The number of likely N-dealkylation sites (tertiary alicyclic amines) is 1. The van der Waals surface area contributed by atoms with Gasteiger partial charge in [-0.15, -0.1) is 5.10 Å². The first-order valence-corrected chi connectivity index (χ1v) is 11.1. The highest BCUT2D eigenvalue weighted by Gasteiger charge is 2.43. The number of hydrogen-bond acceptors (Lipinski definition) is 5. The van der Waals surface area contributed by atoms with Gasteiger partial charge in [0.1, 0.15) is 0 Å². The van der Waals surface area contributed by atoms with Gasteiger partial charge in [0.25, 0.3) is 0 Å². The fourth-order valence-electron chi connectivity index (χ4n) is 4.89. The lowest BCUT2D eigenvalue weighted by Gasteiger charge is -2.43. The van der Waals surface area contributed by atoms with Crippen LogP contribution in [-0.2, 0) is 16.8 Å². The number of nitrogens with zero attached hydrogens (tertiary/aromatic N) is 5. The Morgan fingerprint density at radius 3 is 2.76 bits per heavy atom. The van der Waals surface area contributed by atoms with E-state index in [1.54, 1.807) is 0 Å². The first kappa shape index (κ1) is 20.0. The third-order valence-corrected chi connectivity index (χ3v) is 6.46. The highest BCUT2D eigenvalue weighted by Crippen LogP contribution is 2.35. The molecule has 1 aliphatic heterocycles. The number of tetrazole rings is 1. The molecule has 2 heterocycles. The van der Waals surface area contributed by atoms with E-state index in [9.17, 15) is 4.79 Å². The summed E-state index contributed by atoms with van der Waals surface area (Å²) >= 11 is 0. The number of carbonyl (C=O) groups excluding carboxylic acids is 1. The van der Waals surface area contributed by atoms with Crippen LogP contribution in [0.25, 0.3) is 0 Å². The van der Waals surface area contributed by atoms with Crippen molar-refractivity contribution >= 4 is 5.91 Å². The SMILES string of the molecule is CCC(=O)N1CCCC(NCCc2ccccc2)(c2nnnn2C2CCCC2)C1. The van der Waals surface area contributed by atoms with Crippen molar-refractivity contribution in [3.8, 4) is 0 Å². The second-order valence-electron chi connectivity index (χ2n) is 8.40. The maximum absolute atomic E-state index is 12.5. The number of aromatic nitrogens is 4. The Kier molecular flexibility index (Phi) is 6.23. The minimum absolute atomic E-state index is 0.207. The van der Waals surface area contributed by atoms with Crippen molar-refractivity contribution < 1.29 is 4.79 Å². The molecule has 1 aromatic carbocycles. The monoisotopic (exact) mass is 396 g/mol. The molecule has 0 radical (unpaired) electrons. The lowest BCUT2D eigenvalue weighted by molar-refractivity contribution is -0.133. The predicted molar refractivity (Wildman–Crippen MR) is 111 cm³/mol. The molecule has 1 amide bonds. The Morgan fingerprint density at radius 2 is 2.00 bits per heavy atom. The first-order valence-electron chi connectivity index (χ1n) is 11.1. The summed E-state index contributed by atoms with van der Waals surface area (Å²) in [7, 11) is 0. The number of benzene rings is 1. The van der Waals surface area contributed by atoms with Crippen LogP contribution in [0, 0.1) is 0 Å². The molecule has 2 aromatic rings. The van der Waals surface area contributed by atoms with Crippen molar-refractivity contribution in [1.82, 2.24) is 30.4 Å². The molecule has 1 N–H and O–H groups in total. The van der Waals surface area contributed by atoms with E-state index in [1.165, 1.54) is 18.4 Å². The van der Waals surface area contributed by atoms with Crippen molar-refractivity contribution in [2.75, 3.05) is 19.6 Å². The lowest BCUT2D eigenvalue weighted by atomic mass is 9.87. The molecular formula is C22H32N6O. The van der Waals surface area contributed by atoms with E-state index in [0.29, 0.717) is 19.0 Å². The summed E-state index contributed by atoms with van der Waals surface area (Å²) in [5.74, 6) is 1.12. The van der Waals surface area contributed by atoms with E-state index >= 15 is 0 Å². The molecule has 1 aliphatic carbocycles. The molecule has 7 nitrogen and oxygen atoms in total. The van der Waals surface area contributed by atoms with E-state index < -0.39 is 0 Å². The molecule has 4 rings (SSSR count). The number of carbonyl (C=O) groups is 1. The Labute approximate surface area is 172 Å². The van der Waals surface area contributed by atoms with Gasteiger partial charge in [0.05, 0.1) is 11.6 Å². The van der Waals surface area contributed by atoms with E-state index in [4.69, 9.17) is 0 Å². The number of hydrogen-bond donors (Lipinski definition) is 1. The molecule has 1 atom stereocenters. The zero-order valence-corrected chi connectivity index (χ0v) is 17.4. The summed E-state index contributed by atoms with van der Waals surface area (Å²) in [6, 6.07) is 10.9. The molecule has 0 spiro atoms. The highest BCUT2D eigenvalue weighted by molar-refractivity contribution is 5.76. The van der Waals surface area contributed by atoms with Gasteiger partial charge in [0.15, 0.2) is 5.82 Å². The van der Waals surface area contributed by atoms with Crippen molar-refractivity contribution in [3.63, 3.8) is 0 Å². The average molecular weight is 397 g/mol. The second kappa shape index (κ2) is 9.03. The van der Waals surface area contributed by atoms with Gasteiger partial charge in [-0.1, -0.05) is 50.1 Å². The van der Waals surface area contributed by atoms with Crippen LogP contribution in [0.1, 0.15) is 69.3 Å². The second-order valence-corrected chi connectivity index (χ2v) is 8.40. The van der Waals surface area contributed by atoms with Gasteiger partial charge in [-0.05, 0) is 48.1 Å². The molecule has 1 saturated carbocycles. The van der Waals surface area contributed by atoms with Gasteiger partial charge in [-0.25, -0.2) is 4.68 Å². The van der Waals surface area contributed by atoms with Crippen LogP contribution in [0.5, 0.6) is 0 Å². The number of rotatable bonds is 7. The molecule has 0 bridgehead atoms. The normalized spacial score (nSPS) is 22.9. The van der Waals surface area contributed by atoms with Crippen molar-refractivity contribution in [2.24, 2.45) is 0 Å². The van der Waals surface area contributed by atoms with E-state index in [0.717, 1.165) is 51.0 Å². The maximum atomic E-state index is 12.5. The highest BCUT2D eigenvalue weighted by atomic mass is 16.2. The average Bonchev–Trinajstić information content (AvgIpc) is 3.46. The summed E-state index contributed by atoms with van der Waals surface area (Å²) in [6.07, 6.45) is 8.12. The number of nitrogens with one attached hydrogen (secondary N) is 1. The summed E-state index contributed by atoms with van der Waals surface area (Å²) in [5.41, 5.74) is 0.923. The van der Waals surface area contributed by atoms with Crippen LogP contribution in [0.15, 0.2) is 30.3 Å². The van der Waals surface area contributed by atoms with Crippen molar-refractivity contribution in [3.05, 3.63) is 41.7 Å². The standard InChI is InChI=1S/C22H32N6O/c1-2-20(29)27-16-8-14-22(17-27,23-15-13-18-9-4-3-5-10-18)21-24-25-26-28(21)19-11-6-7-12-19/h3-5,9-10,19,23H,2,6-8,11-17H2,1H3. The fraction of sp³-hybridized carbons (Fsp3) is 0.636. The molecule has 1 unspecified atom stereocenters. The number of amides is 1. The zero-order chi connectivity index (χ0) is 20.1. The van der Waals surface area contributed by atoms with Crippen molar-refractivity contribution in [1.29, 1.82) is 0 Å². The van der Waals surface area contributed by atoms with Gasteiger partial charge in [0.2, 0.25) is 5.91 Å². The van der Waals surface area contributed by atoms with Crippen LogP contribution in [-0.4, -0.2) is 50.6 Å². The molecule has 1 aromatic heterocycles. The molecular weight excluding hydrogens is 364 g/mol. The quantitative estimate of drug-likeness (QED) is 0.779. The smallest absolute Gasteiger partial charge is 0.222 e. The molecule has 2 aliphatic rings.